The summed E-state index contributed by atoms with van der Waals surface area (Å²) < 4.78 is 2.88. The van der Waals surface area contributed by atoms with Crippen LogP contribution >= 0.6 is 15.9 Å². The molecule has 0 aromatic carbocycles. The topological polar surface area (TPSA) is 40.9 Å². The summed E-state index contributed by atoms with van der Waals surface area (Å²) in [7, 11) is 0. The summed E-state index contributed by atoms with van der Waals surface area (Å²) in [4.78, 5) is 22.1. The van der Waals surface area contributed by atoms with Gasteiger partial charge in [0.25, 0.3) is 5.91 Å². The first-order chi connectivity index (χ1) is 11.0. The highest BCUT2D eigenvalue weighted by molar-refractivity contribution is 9.10. The Labute approximate surface area is 145 Å². The number of fused-ring (bicyclic) bond motifs is 1. The summed E-state index contributed by atoms with van der Waals surface area (Å²) in [6, 6.07) is 2.04. The van der Waals surface area contributed by atoms with Crippen LogP contribution in [0.1, 0.15) is 35.6 Å². The quantitative estimate of drug-likeness (QED) is 0.824. The number of aryl methyl sites for hydroxylation is 2. The molecule has 0 atom stereocenters. The van der Waals surface area contributed by atoms with Crippen LogP contribution in [0, 0.1) is 6.92 Å². The molecule has 2 aromatic heterocycles. The van der Waals surface area contributed by atoms with E-state index in [9.17, 15) is 4.79 Å². The van der Waals surface area contributed by atoms with E-state index in [2.05, 4.69) is 32.7 Å². The largest absolute Gasteiger partial charge is 0.335 e. The molecule has 0 bridgehead atoms. The van der Waals surface area contributed by atoms with Gasteiger partial charge in [-0.05, 0) is 47.4 Å². The van der Waals surface area contributed by atoms with Gasteiger partial charge in [-0.2, -0.15) is 0 Å². The Kier molecular flexibility index (Phi) is 4.73. The predicted octanol–water partition coefficient (Wildman–Crippen LogP) is 2.75. The van der Waals surface area contributed by atoms with Crippen molar-refractivity contribution in [3.63, 3.8) is 0 Å². The van der Waals surface area contributed by atoms with Crippen LogP contribution in [-0.2, 0) is 6.42 Å². The molecular weight excluding hydrogens is 356 g/mol. The van der Waals surface area contributed by atoms with Gasteiger partial charge in [-0.1, -0.05) is 13.8 Å². The molecule has 0 N–H and O–H groups in total. The van der Waals surface area contributed by atoms with Gasteiger partial charge in [0.2, 0.25) is 0 Å². The van der Waals surface area contributed by atoms with E-state index in [-0.39, 0.29) is 5.91 Å². The molecule has 0 spiro atoms. The molecule has 0 saturated carbocycles. The van der Waals surface area contributed by atoms with Gasteiger partial charge in [0.1, 0.15) is 5.69 Å². The van der Waals surface area contributed by atoms with Crippen molar-refractivity contribution in [2.75, 3.05) is 32.7 Å². The molecule has 2 aromatic rings. The summed E-state index contributed by atoms with van der Waals surface area (Å²) in [5.41, 5.74) is 3.52. The van der Waals surface area contributed by atoms with Gasteiger partial charge in [0.15, 0.2) is 5.65 Å². The van der Waals surface area contributed by atoms with Crippen molar-refractivity contribution in [2.24, 2.45) is 0 Å². The summed E-state index contributed by atoms with van der Waals surface area (Å²) in [6.07, 6.45) is 2.75. The second-order valence-corrected chi connectivity index (χ2v) is 6.90. The molecule has 0 radical (unpaired) electrons. The lowest BCUT2D eigenvalue weighted by molar-refractivity contribution is 0.0635. The molecule has 6 heteroatoms. The lowest BCUT2D eigenvalue weighted by Gasteiger charge is -2.34. The van der Waals surface area contributed by atoms with Crippen LogP contribution in [0.5, 0.6) is 0 Å². The average Bonchev–Trinajstić information content (AvgIpc) is 2.93. The number of aromatic nitrogens is 2. The van der Waals surface area contributed by atoms with Gasteiger partial charge in [0, 0.05) is 32.4 Å². The summed E-state index contributed by atoms with van der Waals surface area (Å²) in [6.45, 7) is 10.8. The maximum atomic E-state index is 13.1. The fourth-order valence-electron chi connectivity index (χ4n) is 3.17. The van der Waals surface area contributed by atoms with Crippen LogP contribution in [0.4, 0.5) is 0 Å². The summed E-state index contributed by atoms with van der Waals surface area (Å²) >= 11 is 3.57. The summed E-state index contributed by atoms with van der Waals surface area (Å²) in [5, 5.41) is 0. The number of nitrogens with zero attached hydrogens (tertiary/aromatic N) is 4. The minimum atomic E-state index is 0.0996. The molecule has 1 aliphatic rings. The van der Waals surface area contributed by atoms with E-state index < -0.39 is 0 Å². The van der Waals surface area contributed by atoms with Crippen molar-refractivity contribution in [1.82, 2.24) is 19.2 Å². The van der Waals surface area contributed by atoms with E-state index in [0.29, 0.717) is 0 Å². The second kappa shape index (κ2) is 6.61. The standard InChI is InChI=1S/C17H23BrN4O/c1-4-14-15(17(23)21-8-6-20(5-2)7-9-21)22-11-12(3)10-13(18)16(22)19-14/h10-11H,4-9H2,1-3H3. The Balaban J connectivity index is 2.00. The molecule has 0 aliphatic carbocycles. The SMILES string of the molecule is CCc1nc2c(Br)cc(C)cn2c1C(=O)N1CCN(CC)CC1. The van der Waals surface area contributed by atoms with Gasteiger partial charge < -0.3 is 9.80 Å². The number of imidazole rings is 1. The smallest absolute Gasteiger partial charge is 0.272 e. The van der Waals surface area contributed by atoms with Gasteiger partial charge in [-0.25, -0.2) is 4.98 Å². The zero-order valence-corrected chi connectivity index (χ0v) is 15.6. The average molecular weight is 379 g/mol. The highest BCUT2D eigenvalue weighted by Crippen LogP contribution is 2.24. The van der Waals surface area contributed by atoms with Crippen LogP contribution in [0.2, 0.25) is 0 Å². The number of halogens is 1. The number of pyridine rings is 1. The van der Waals surface area contributed by atoms with Crippen molar-refractivity contribution >= 4 is 27.5 Å². The number of carbonyl (C=O) groups is 1. The zero-order valence-electron chi connectivity index (χ0n) is 14.0. The van der Waals surface area contributed by atoms with Crippen LogP contribution in [0.15, 0.2) is 16.7 Å². The van der Waals surface area contributed by atoms with Gasteiger partial charge in [-0.15, -0.1) is 0 Å². The fourth-order valence-corrected chi connectivity index (χ4v) is 3.81. The van der Waals surface area contributed by atoms with Crippen LogP contribution < -0.4 is 0 Å². The van der Waals surface area contributed by atoms with Crippen molar-refractivity contribution in [1.29, 1.82) is 0 Å². The van der Waals surface area contributed by atoms with Crippen LogP contribution in [0.3, 0.4) is 0 Å². The highest BCUT2D eigenvalue weighted by atomic mass is 79.9. The van der Waals surface area contributed by atoms with Crippen molar-refractivity contribution < 1.29 is 4.79 Å². The van der Waals surface area contributed by atoms with Crippen molar-refractivity contribution in [3.05, 3.63) is 33.7 Å². The lowest BCUT2D eigenvalue weighted by Crippen LogP contribution is -2.48. The maximum Gasteiger partial charge on any atom is 0.272 e. The Morgan fingerprint density at radius 2 is 1.96 bits per heavy atom. The van der Waals surface area contributed by atoms with E-state index in [1.54, 1.807) is 0 Å². The monoisotopic (exact) mass is 378 g/mol. The Hall–Kier alpha value is -1.40. The molecule has 1 amide bonds. The number of hydrogen-bond donors (Lipinski definition) is 0. The molecular formula is C17H23BrN4O. The Morgan fingerprint density at radius 3 is 2.57 bits per heavy atom. The molecule has 0 unspecified atom stereocenters. The van der Waals surface area contributed by atoms with Crippen LogP contribution in [-0.4, -0.2) is 57.8 Å². The third-order valence-corrected chi connectivity index (χ3v) is 5.11. The van der Waals surface area contributed by atoms with Gasteiger partial charge in [-0.3, -0.25) is 9.20 Å². The molecule has 5 nitrogen and oxygen atoms in total. The normalized spacial score (nSPS) is 16.3. The first kappa shape index (κ1) is 16.5. The first-order valence-corrected chi connectivity index (χ1v) is 9.03. The molecule has 3 rings (SSSR count). The van der Waals surface area contributed by atoms with E-state index >= 15 is 0 Å². The number of rotatable bonds is 3. The molecule has 23 heavy (non-hydrogen) atoms. The van der Waals surface area contributed by atoms with E-state index in [0.717, 1.165) is 66.2 Å². The number of carbonyl (C=O) groups excluding carboxylic acids is 1. The molecule has 124 valence electrons. The van der Waals surface area contributed by atoms with Crippen molar-refractivity contribution in [3.8, 4) is 0 Å². The minimum absolute atomic E-state index is 0.0996. The van der Waals surface area contributed by atoms with E-state index in [4.69, 9.17) is 0 Å². The molecule has 1 aliphatic heterocycles. The maximum absolute atomic E-state index is 13.1. The Bertz CT molecular complexity index is 732. The zero-order chi connectivity index (χ0) is 16.6. The number of hydrogen-bond acceptors (Lipinski definition) is 3. The number of piperazine rings is 1. The Morgan fingerprint density at radius 1 is 1.26 bits per heavy atom. The number of likely N-dealkylation sites (N-methyl/N-ethyl adjacent to an activating group) is 1. The van der Waals surface area contributed by atoms with Gasteiger partial charge >= 0.3 is 0 Å². The summed E-state index contributed by atoms with van der Waals surface area (Å²) in [5.74, 6) is 0.0996. The third kappa shape index (κ3) is 3.02. The highest BCUT2D eigenvalue weighted by Gasteiger charge is 2.27. The third-order valence-electron chi connectivity index (χ3n) is 4.53. The minimum Gasteiger partial charge on any atom is -0.335 e. The molecule has 1 fully saturated rings. The van der Waals surface area contributed by atoms with E-state index in [1.165, 1.54) is 0 Å². The second-order valence-electron chi connectivity index (χ2n) is 6.05. The molecule has 1 saturated heterocycles. The predicted molar refractivity (Wildman–Crippen MR) is 95.0 cm³/mol. The van der Waals surface area contributed by atoms with Gasteiger partial charge in [0.05, 0.1) is 10.2 Å². The molecule has 3 heterocycles. The van der Waals surface area contributed by atoms with Crippen molar-refractivity contribution in [2.45, 2.75) is 27.2 Å². The first-order valence-electron chi connectivity index (χ1n) is 8.23. The number of amides is 1. The van der Waals surface area contributed by atoms with E-state index in [1.807, 2.05) is 35.4 Å². The van der Waals surface area contributed by atoms with Crippen LogP contribution in [0.25, 0.3) is 5.65 Å². The fraction of sp³-hybridized carbons (Fsp3) is 0.529. The lowest BCUT2D eigenvalue weighted by atomic mass is 10.2.